The Balaban J connectivity index is 1.93. The summed E-state index contributed by atoms with van der Waals surface area (Å²) < 4.78 is 10.4. The highest BCUT2D eigenvalue weighted by Crippen LogP contribution is 2.56. The Kier molecular flexibility index (Phi) is 4.47. The number of aliphatic hydroxyl groups is 1. The Morgan fingerprint density at radius 3 is 2.71 bits per heavy atom. The molecule has 1 heterocycles. The second kappa shape index (κ2) is 6.61. The molecule has 2 aromatic carbocycles. The highest BCUT2D eigenvalue weighted by molar-refractivity contribution is 5.89. The maximum Gasteiger partial charge on any atom is 0.337 e. The number of likely N-dealkylation sites (N-methyl/N-ethyl adjacent to an activating group) is 1. The van der Waals surface area contributed by atoms with Crippen LogP contribution >= 0.6 is 0 Å². The summed E-state index contributed by atoms with van der Waals surface area (Å²) in [4.78, 5) is 14.3. The number of ether oxygens (including phenoxy) is 2. The molecule has 0 amide bonds. The average Bonchev–Trinajstić information content (AvgIpc) is 2.72. The van der Waals surface area contributed by atoms with Gasteiger partial charge in [0, 0.05) is 11.5 Å². The van der Waals surface area contributed by atoms with E-state index in [0.29, 0.717) is 5.56 Å². The molecule has 1 aliphatic heterocycles. The van der Waals surface area contributed by atoms with Gasteiger partial charge in [0.2, 0.25) is 0 Å². The van der Waals surface area contributed by atoms with Crippen molar-refractivity contribution in [3.8, 4) is 5.75 Å². The van der Waals surface area contributed by atoms with Crippen LogP contribution in [-0.4, -0.2) is 49.8 Å². The van der Waals surface area contributed by atoms with Crippen LogP contribution < -0.4 is 4.74 Å². The minimum absolute atomic E-state index is 0.0833. The smallest absolute Gasteiger partial charge is 0.337 e. The Labute approximate surface area is 165 Å². The highest BCUT2D eigenvalue weighted by atomic mass is 16.5. The van der Waals surface area contributed by atoms with Gasteiger partial charge >= 0.3 is 5.97 Å². The van der Waals surface area contributed by atoms with Gasteiger partial charge in [0.1, 0.15) is 11.4 Å². The topological polar surface area (TPSA) is 59.0 Å². The zero-order chi connectivity index (χ0) is 20.1. The van der Waals surface area contributed by atoms with Crippen LogP contribution in [0.2, 0.25) is 0 Å². The van der Waals surface area contributed by atoms with E-state index >= 15 is 0 Å². The van der Waals surface area contributed by atoms with Gasteiger partial charge in [-0.1, -0.05) is 25.1 Å². The molecule has 0 radical (unpaired) electrons. The maximum absolute atomic E-state index is 12.3. The summed E-state index contributed by atoms with van der Waals surface area (Å²) in [6.07, 6.45) is 1.55. The second-order valence-electron chi connectivity index (χ2n) is 8.14. The molecule has 1 saturated heterocycles. The van der Waals surface area contributed by atoms with E-state index in [-0.39, 0.29) is 6.04 Å². The highest BCUT2D eigenvalue weighted by Gasteiger charge is 2.60. The number of hydrogen-bond donors (Lipinski definition) is 1. The van der Waals surface area contributed by atoms with Crippen molar-refractivity contribution >= 4 is 5.97 Å². The largest absolute Gasteiger partial charge is 0.497 e. The molecule has 2 aromatic rings. The molecule has 148 valence electrons. The minimum atomic E-state index is -1.14. The second-order valence-corrected chi connectivity index (χ2v) is 8.14. The fourth-order valence-corrected chi connectivity index (χ4v) is 5.17. The average molecular weight is 381 g/mol. The van der Waals surface area contributed by atoms with E-state index < -0.39 is 17.0 Å². The van der Waals surface area contributed by atoms with Gasteiger partial charge in [-0.3, -0.25) is 4.90 Å². The first-order valence-corrected chi connectivity index (χ1v) is 9.64. The molecule has 0 aromatic heterocycles. The Bertz CT molecular complexity index is 927. The molecule has 0 saturated carbocycles. The van der Waals surface area contributed by atoms with Crippen molar-refractivity contribution < 1.29 is 19.4 Å². The monoisotopic (exact) mass is 381 g/mol. The number of carbonyl (C=O) groups is 1. The number of rotatable bonds is 3. The zero-order valence-electron chi connectivity index (χ0n) is 16.9. The van der Waals surface area contributed by atoms with Crippen molar-refractivity contribution in [1.82, 2.24) is 4.90 Å². The third-order valence-electron chi connectivity index (χ3n) is 6.87. The van der Waals surface area contributed by atoms with Crippen molar-refractivity contribution in [3.05, 3.63) is 64.7 Å². The van der Waals surface area contributed by atoms with E-state index in [9.17, 15) is 9.90 Å². The van der Waals surface area contributed by atoms with Gasteiger partial charge in [-0.05, 0) is 67.4 Å². The van der Waals surface area contributed by atoms with Gasteiger partial charge in [-0.2, -0.15) is 0 Å². The predicted octanol–water partition coefficient (Wildman–Crippen LogP) is 2.89. The maximum atomic E-state index is 12.3. The summed E-state index contributed by atoms with van der Waals surface area (Å²) in [5.74, 6) is 0.398. The summed E-state index contributed by atoms with van der Waals surface area (Å²) in [5.41, 5.74) is 1.94. The van der Waals surface area contributed by atoms with E-state index in [1.165, 1.54) is 12.7 Å². The Hall–Kier alpha value is -2.37. The molecule has 5 heteroatoms. The summed E-state index contributed by atoms with van der Waals surface area (Å²) >= 11 is 0. The first-order chi connectivity index (χ1) is 13.3. The van der Waals surface area contributed by atoms with Crippen molar-refractivity contribution in [2.24, 2.45) is 0 Å². The number of hydrogen-bond acceptors (Lipinski definition) is 5. The van der Waals surface area contributed by atoms with Crippen LogP contribution in [0.15, 0.2) is 42.5 Å². The quantitative estimate of drug-likeness (QED) is 0.829. The van der Waals surface area contributed by atoms with Crippen LogP contribution in [0.5, 0.6) is 5.75 Å². The Morgan fingerprint density at radius 1 is 1.21 bits per heavy atom. The van der Waals surface area contributed by atoms with E-state index in [2.05, 4.69) is 31.0 Å². The van der Waals surface area contributed by atoms with E-state index in [1.807, 2.05) is 18.2 Å². The lowest BCUT2D eigenvalue weighted by atomic mass is 9.53. The van der Waals surface area contributed by atoms with Crippen molar-refractivity contribution in [1.29, 1.82) is 0 Å². The molecule has 5 nitrogen and oxygen atoms in total. The fourth-order valence-electron chi connectivity index (χ4n) is 5.17. The first-order valence-electron chi connectivity index (χ1n) is 9.64. The van der Waals surface area contributed by atoms with Gasteiger partial charge in [-0.25, -0.2) is 4.79 Å². The lowest BCUT2D eigenvalue weighted by molar-refractivity contribution is -0.141. The van der Waals surface area contributed by atoms with E-state index in [4.69, 9.17) is 9.47 Å². The summed E-state index contributed by atoms with van der Waals surface area (Å²) in [6.45, 7) is 3.03. The van der Waals surface area contributed by atoms with Crippen LogP contribution in [0.25, 0.3) is 0 Å². The van der Waals surface area contributed by atoms with E-state index in [0.717, 1.165) is 36.3 Å². The summed E-state index contributed by atoms with van der Waals surface area (Å²) in [5, 5.41) is 12.3. The molecule has 2 bridgehead atoms. The number of esters is 1. The van der Waals surface area contributed by atoms with Gasteiger partial charge in [0.25, 0.3) is 0 Å². The molecule has 3 atom stereocenters. The normalized spacial score (nSPS) is 29.1. The van der Waals surface area contributed by atoms with Crippen LogP contribution in [0.3, 0.4) is 0 Å². The molecule has 28 heavy (non-hydrogen) atoms. The molecule has 1 aliphatic carbocycles. The summed E-state index contributed by atoms with van der Waals surface area (Å²) in [6, 6.07) is 13.3. The molecule has 2 aliphatic rings. The lowest BCUT2D eigenvalue weighted by Gasteiger charge is -2.60. The number of fused-ring (bicyclic) bond motifs is 4. The van der Waals surface area contributed by atoms with Gasteiger partial charge in [0.15, 0.2) is 0 Å². The number of carbonyl (C=O) groups excluding carboxylic acids is 1. The van der Waals surface area contributed by atoms with Crippen LogP contribution in [0.4, 0.5) is 0 Å². The van der Waals surface area contributed by atoms with Crippen LogP contribution in [0.1, 0.15) is 40.4 Å². The molecule has 1 fully saturated rings. The van der Waals surface area contributed by atoms with Crippen LogP contribution in [-0.2, 0) is 22.2 Å². The van der Waals surface area contributed by atoms with Gasteiger partial charge < -0.3 is 14.6 Å². The van der Waals surface area contributed by atoms with Gasteiger partial charge in [0.05, 0.1) is 19.8 Å². The molecular formula is C23H27NO4. The van der Waals surface area contributed by atoms with Crippen molar-refractivity contribution in [2.45, 2.75) is 36.8 Å². The molecule has 4 rings (SSSR count). The zero-order valence-corrected chi connectivity index (χ0v) is 16.9. The molecule has 3 unspecified atom stereocenters. The molecule has 1 N–H and O–H groups in total. The van der Waals surface area contributed by atoms with Crippen molar-refractivity contribution in [3.63, 3.8) is 0 Å². The third-order valence-corrected chi connectivity index (χ3v) is 6.87. The van der Waals surface area contributed by atoms with Crippen molar-refractivity contribution in [2.75, 3.05) is 27.8 Å². The van der Waals surface area contributed by atoms with Gasteiger partial charge in [-0.15, -0.1) is 0 Å². The SMILES string of the molecule is COC(=O)c1cccc(C2(O)C3Cc4ccc(OC)cc4C2(C)CCN3C)c1. The number of piperidine rings is 1. The third kappa shape index (κ3) is 2.50. The fraction of sp³-hybridized carbons (Fsp3) is 0.435. The lowest BCUT2D eigenvalue weighted by Crippen LogP contribution is -2.67. The number of nitrogens with zero attached hydrogens (tertiary/aromatic N) is 1. The summed E-state index contributed by atoms with van der Waals surface area (Å²) in [7, 11) is 5.10. The molecule has 0 spiro atoms. The minimum Gasteiger partial charge on any atom is -0.497 e. The predicted molar refractivity (Wildman–Crippen MR) is 107 cm³/mol. The Morgan fingerprint density at radius 2 is 2.00 bits per heavy atom. The first kappa shape index (κ1) is 19.0. The number of methoxy groups -OCH3 is 2. The standard InChI is InChI=1S/C23H27NO4/c1-22-10-11-24(2)20(13-15-8-9-18(27-3)14-19(15)22)23(22,26)17-7-5-6-16(12-17)21(25)28-4/h5-9,12,14,20,26H,10-11,13H2,1-4H3. The molecular weight excluding hydrogens is 354 g/mol. The number of likely N-dealkylation sites (tertiary alicyclic amines) is 1. The van der Waals surface area contributed by atoms with E-state index in [1.54, 1.807) is 19.2 Å². The van der Waals surface area contributed by atoms with Crippen LogP contribution in [0, 0.1) is 0 Å². The number of benzene rings is 2.